The fraction of sp³-hybridized carbons (Fsp3) is 0.222. The number of hydrogen-bond acceptors (Lipinski definition) is 3. The molecule has 0 aromatic heterocycles. The Morgan fingerprint density at radius 1 is 1.54 bits per heavy atom. The molecule has 1 rings (SSSR count). The SMILES string of the molecule is O=C(OCCO)c1cccc(Br)c1. The number of ether oxygens (including phenoxy) is 1. The molecule has 4 heteroatoms. The Labute approximate surface area is 84.5 Å². The first kappa shape index (κ1) is 10.2. The summed E-state index contributed by atoms with van der Waals surface area (Å²) in [6, 6.07) is 6.90. The molecule has 0 amide bonds. The highest BCUT2D eigenvalue weighted by atomic mass is 79.9. The van der Waals surface area contributed by atoms with Gasteiger partial charge in [-0.3, -0.25) is 0 Å². The minimum atomic E-state index is -0.421. The zero-order valence-corrected chi connectivity index (χ0v) is 8.45. The Morgan fingerprint density at radius 3 is 2.92 bits per heavy atom. The zero-order valence-electron chi connectivity index (χ0n) is 6.87. The molecule has 0 unspecified atom stereocenters. The fourth-order valence-corrected chi connectivity index (χ4v) is 1.24. The Morgan fingerprint density at radius 2 is 2.31 bits per heavy atom. The molecule has 0 atom stereocenters. The van der Waals surface area contributed by atoms with Gasteiger partial charge in [-0.15, -0.1) is 0 Å². The number of benzene rings is 1. The van der Waals surface area contributed by atoms with E-state index in [0.717, 1.165) is 4.47 Å². The van der Waals surface area contributed by atoms with E-state index in [9.17, 15) is 4.79 Å². The van der Waals surface area contributed by atoms with E-state index in [2.05, 4.69) is 15.9 Å². The monoisotopic (exact) mass is 244 g/mol. The first-order valence-corrected chi connectivity index (χ1v) is 4.57. The molecule has 1 N–H and O–H groups in total. The molecule has 0 bridgehead atoms. The Bertz CT molecular complexity index is 299. The van der Waals surface area contributed by atoms with E-state index in [1.54, 1.807) is 18.2 Å². The Kier molecular flexibility index (Phi) is 3.92. The van der Waals surface area contributed by atoms with Gasteiger partial charge in [0.25, 0.3) is 0 Å². The molecule has 0 fully saturated rings. The number of esters is 1. The average molecular weight is 245 g/mol. The highest BCUT2D eigenvalue weighted by Gasteiger charge is 2.05. The minimum absolute atomic E-state index is 0.0331. The van der Waals surface area contributed by atoms with Gasteiger partial charge in [-0.2, -0.15) is 0 Å². The molecular formula is C9H9BrO3. The van der Waals surface area contributed by atoms with E-state index < -0.39 is 5.97 Å². The van der Waals surface area contributed by atoms with E-state index in [1.165, 1.54) is 0 Å². The fourth-order valence-electron chi connectivity index (χ4n) is 0.837. The lowest BCUT2D eigenvalue weighted by Crippen LogP contribution is -2.08. The number of aliphatic hydroxyl groups is 1. The molecule has 0 aliphatic rings. The predicted molar refractivity (Wildman–Crippen MR) is 51.5 cm³/mol. The molecule has 0 spiro atoms. The number of carbonyl (C=O) groups excluding carboxylic acids is 1. The van der Waals surface area contributed by atoms with Gasteiger partial charge in [0.15, 0.2) is 0 Å². The Hall–Kier alpha value is -0.870. The maximum atomic E-state index is 11.2. The molecular weight excluding hydrogens is 236 g/mol. The van der Waals surface area contributed by atoms with E-state index in [0.29, 0.717) is 5.56 Å². The second-order valence-electron chi connectivity index (χ2n) is 2.37. The molecule has 0 saturated carbocycles. The number of hydrogen-bond donors (Lipinski definition) is 1. The maximum Gasteiger partial charge on any atom is 0.338 e. The van der Waals surface area contributed by atoms with Crippen LogP contribution in [0.1, 0.15) is 10.4 Å². The first-order chi connectivity index (χ1) is 6.24. The number of halogens is 1. The third-order valence-corrected chi connectivity index (χ3v) is 1.88. The molecule has 0 heterocycles. The molecule has 70 valence electrons. The molecule has 0 aliphatic carbocycles. The van der Waals surface area contributed by atoms with E-state index in [-0.39, 0.29) is 13.2 Å². The second kappa shape index (κ2) is 4.99. The van der Waals surface area contributed by atoms with Crippen molar-refractivity contribution in [3.05, 3.63) is 34.3 Å². The van der Waals surface area contributed by atoms with Crippen molar-refractivity contribution in [1.82, 2.24) is 0 Å². The summed E-state index contributed by atoms with van der Waals surface area (Å²) in [5.74, 6) is -0.421. The number of aliphatic hydroxyl groups excluding tert-OH is 1. The van der Waals surface area contributed by atoms with Gasteiger partial charge in [-0.05, 0) is 18.2 Å². The molecule has 0 saturated heterocycles. The van der Waals surface area contributed by atoms with Crippen LogP contribution in [0.5, 0.6) is 0 Å². The zero-order chi connectivity index (χ0) is 9.68. The van der Waals surface area contributed by atoms with Crippen LogP contribution in [0.15, 0.2) is 28.7 Å². The number of rotatable bonds is 3. The lowest BCUT2D eigenvalue weighted by atomic mass is 10.2. The van der Waals surface area contributed by atoms with Crippen LogP contribution in [0.3, 0.4) is 0 Å². The summed E-state index contributed by atoms with van der Waals surface area (Å²) in [5, 5.41) is 8.43. The van der Waals surface area contributed by atoms with Gasteiger partial charge in [0.2, 0.25) is 0 Å². The van der Waals surface area contributed by atoms with Gasteiger partial charge in [0.05, 0.1) is 12.2 Å². The van der Waals surface area contributed by atoms with Crippen molar-refractivity contribution in [3.8, 4) is 0 Å². The highest BCUT2D eigenvalue weighted by molar-refractivity contribution is 9.10. The maximum absolute atomic E-state index is 11.2. The largest absolute Gasteiger partial charge is 0.460 e. The van der Waals surface area contributed by atoms with Gasteiger partial charge in [0, 0.05) is 4.47 Å². The van der Waals surface area contributed by atoms with Crippen LogP contribution < -0.4 is 0 Å². The Balaban J connectivity index is 2.66. The summed E-state index contributed by atoms with van der Waals surface area (Å²) in [4.78, 5) is 11.2. The molecule has 3 nitrogen and oxygen atoms in total. The van der Waals surface area contributed by atoms with Crippen LogP contribution >= 0.6 is 15.9 Å². The van der Waals surface area contributed by atoms with Crippen LogP contribution in [0.25, 0.3) is 0 Å². The van der Waals surface area contributed by atoms with Crippen molar-refractivity contribution in [2.75, 3.05) is 13.2 Å². The summed E-state index contributed by atoms with van der Waals surface area (Å²) in [5.41, 5.74) is 0.475. The first-order valence-electron chi connectivity index (χ1n) is 3.77. The standard InChI is InChI=1S/C9H9BrO3/c10-8-3-1-2-7(6-8)9(12)13-5-4-11/h1-3,6,11H,4-5H2. The van der Waals surface area contributed by atoms with Gasteiger partial charge < -0.3 is 9.84 Å². The highest BCUT2D eigenvalue weighted by Crippen LogP contribution is 2.12. The van der Waals surface area contributed by atoms with Crippen molar-refractivity contribution in [2.24, 2.45) is 0 Å². The second-order valence-corrected chi connectivity index (χ2v) is 3.29. The molecule has 1 aromatic carbocycles. The summed E-state index contributed by atoms with van der Waals surface area (Å²) >= 11 is 3.24. The van der Waals surface area contributed by atoms with Gasteiger partial charge in [0.1, 0.15) is 6.61 Å². The van der Waals surface area contributed by atoms with Crippen LogP contribution in [0, 0.1) is 0 Å². The number of carbonyl (C=O) groups is 1. The van der Waals surface area contributed by atoms with Crippen molar-refractivity contribution in [1.29, 1.82) is 0 Å². The van der Waals surface area contributed by atoms with Gasteiger partial charge in [-0.25, -0.2) is 4.79 Å². The molecule has 13 heavy (non-hydrogen) atoms. The summed E-state index contributed by atoms with van der Waals surface area (Å²) < 4.78 is 5.55. The van der Waals surface area contributed by atoms with Crippen molar-refractivity contribution in [2.45, 2.75) is 0 Å². The van der Waals surface area contributed by atoms with Crippen LogP contribution in [0.4, 0.5) is 0 Å². The van der Waals surface area contributed by atoms with Crippen LogP contribution in [-0.4, -0.2) is 24.3 Å². The third-order valence-electron chi connectivity index (χ3n) is 1.38. The topological polar surface area (TPSA) is 46.5 Å². The van der Waals surface area contributed by atoms with Gasteiger partial charge >= 0.3 is 5.97 Å². The van der Waals surface area contributed by atoms with Crippen LogP contribution in [-0.2, 0) is 4.74 Å². The van der Waals surface area contributed by atoms with Crippen molar-refractivity contribution in [3.63, 3.8) is 0 Å². The molecule has 0 radical (unpaired) electrons. The van der Waals surface area contributed by atoms with Crippen LogP contribution in [0.2, 0.25) is 0 Å². The lowest BCUT2D eigenvalue weighted by molar-refractivity contribution is 0.0433. The summed E-state index contributed by atoms with van der Waals surface area (Å²) in [6.07, 6.45) is 0. The quantitative estimate of drug-likeness (QED) is 0.822. The lowest BCUT2D eigenvalue weighted by Gasteiger charge is -2.02. The van der Waals surface area contributed by atoms with E-state index in [4.69, 9.17) is 9.84 Å². The molecule has 1 aromatic rings. The summed E-state index contributed by atoms with van der Waals surface area (Å²) in [7, 11) is 0. The average Bonchev–Trinajstić information content (AvgIpc) is 2.14. The van der Waals surface area contributed by atoms with Crippen molar-refractivity contribution < 1.29 is 14.6 Å². The van der Waals surface area contributed by atoms with E-state index >= 15 is 0 Å². The smallest absolute Gasteiger partial charge is 0.338 e. The van der Waals surface area contributed by atoms with Crippen molar-refractivity contribution >= 4 is 21.9 Å². The normalized spacial score (nSPS) is 9.69. The predicted octanol–water partition coefficient (Wildman–Crippen LogP) is 1.60. The van der Waals surface area contributed by atoms with E-state index in [1.807, 2.05) is 6.07 Å². The summed E-state index contributed by atoms with van der Waals surface area (Å²) in [6.45, 7) is -0.120. The molecule has 0 aliphatic heterocycles. The van der Waals surface area contributed by atoms with Gasteiger partial charge in [-0.1, -0.05) is 22.0 Å². The third kappa shape index (κ3) is 3.16. The minimum Gasteiger partial charge on any atom is -0.460 e.